The van der Waals surface area contributed by atoms with Crippen molar-refractivity contribution in [2.45, 2.75) is 6.92 Å². The Morgan fingerprint density at radius 1 is 1.43 bits per heavy atom. The number of aliphatic hydroxyl groups excluding tert-OH is 1. The lowest BCUT2D eigenvalue weighted by atomic mass is 10.3. The summed E-state index contributed by atoms with van der Waals surface area (Å²) in [6.45, 7) is 1.52. The molecular weight excluding hydrogens is 178 g/mol. The van der Waals surface area contributed by atoms with E-state index in [1.807, 2.05) is 30.3 Å². The molecule has 0 aliphatic carbocycles. The molecule has 0 saturated carbocycles. The summed E-state index contributed by atoms with van der Waals surface area (Å²) in [7, 11) is 0. The van der Waals surface area contributed by atoms with Crippen LogP contribution in [0.15, 0.2) is 40.3 Å². The van der Waals surface area contributed by atoms with E-state index in [0.29, 0.717) is 5.96 Å². The zero-order valence-electron chi connectivity index (χ0n) is 8.01. The fraction of sp³-hybridized carbons (Fsp3) is 0.200. The Bertz CT molecular complexity index is 319. The molecule has 0 aliphatic heterocycles. The third-order valence-corrected chi connectivity index (χ3v) is 1.50. The molecule has 1 aromatic rings. The quantitative estimate of drug-likeness (QED) is 0.549. The molecular formula is C10H13N3O. The second kappa shape index (κ2) is 5.88. The lowest BCUT2D eigenvalue weighted by molar-refractivity contribution is 0.309. The first kappa shape index (κ1) is 10.4. The van der Waals surface area contributed by atoms with Crippen LogP contribution in [0.25, 0.3) is 0 Å². The highest BCUT2D eigenvalue weighted by Gasteiger charge is 1.94. The lowest BCUT2D eigenvalue weighted by Gasteiger charge is -2.03. The van der Waals surface area contributed by atoms with Gasteiger partial charge in [-0.3, -0.25) is 0 Å². The van der Waals surface area contributed by atoms with Crippen molar-refractivity contribution in [3.63, 3.8) is 0 Å². The van der Waals surface area contributed by atoms with Gasteiger partial charge in [0.1, 0.15) is 6.73 Å². The number of para-hydroxylation sites is 1. The second-order valence-corrected chi connectivity index (χ2v) is 2.50. The van der Waals surface area contributed by atoms with Gasteiger partial charge in [0, 0.05) is 11.9 Å². The monoisotopic (exact) mass is 191 g/mol. The molecule has 0 aromatic heterocycles. The Hall–Kier alpha value is -1.68. The first-order chi connectivity index (χ1) is 6.86. The highest BCUT2D eigenvalue weighted by molar-refractivity contribution is 5.97. The smallest absolute Gasteiger partial charge is 0.224 e. The highest BCUT2D eigenvalue weighted by atomic mass is 16.3. The molecule has 74 valence electrons. The summed E-state index contributed by atoms with van der Waals surface area (Å²) in [5.74, 6) is 0.404. The molecule has 0 fully saturated rings. The number of guanidine groups is 1. The van der Waals surface area contributed by atoms with Crippen LogP contribution in [0.5, 0.6) is 0 Å². The van der Waals surface area contributed by atoms with E-state index in [1.165, 1.54) is 0 Å². The number of hydrogen-bond donors (Lipinski definition) is 2. The average Bonchev–Trinajstić information content (AvgIpc) is 2.20. The third kappa shape index (κ3) is 3.37. The predicted molar refractivity (Wildman–Crippen MR) is 58.8 cm³/mol. The predicted octanol–water partition coefficient (Wildman–Crippen LogP) is 1.49. The van der Waals surface area contributed by atoms with Crippen molar-refractivity contribution in [2.24, 2.45) is 9.98 Å². The number of hydrogen-bond acceptors (Lipinski definition) is 2. The van der Waals surface area contributed by atoms with Gasteiger partial charge in [-0.25, -0.2) is 9.98 Å². The topological polar surface area (TPSA) is 57.0 Å². The number of rotatable bonds is 2. The zero-order valence-corrected chi connectivity index (χ0v) is 8.01. The maximum Gasteiger partial charge on any atom is 0.224 e. The fourth-order valence-corrected chi connectivity index (χ4v) is 0.952. The molecule has 0 amide bonds. The number of nitrogens with one attached hydrogen (secondary N) is 1. The van der Waals surface area contributed by atoms with E-state index in [9.17, 15) is 0 Å². The van der Waals surface area contributed by atoms with E-state index in [-0.39, 0.29) is 6.73 Å². The fourth-order valence-electron chi connectivity index (χ4n) is 0.952. The number of benzene rings is 1. The van der Waals surface area contributed by atoms with Gasteiger partial charge in [0.2, 0.25) is 5.96 Å². The summed E-state index contributed by atoms with van der Waals surface area (Å²) in [6.07, 6.45) is 1.62. The molecule has 0 unspecified atom stereocenters. The molecule has 0 radical (unpaired) electrons. The molecule has 0 bridgehead atoms. The van der Waals surface area contributed by atoms with Gasteiger partial charge in [-0.1, -0.05) is 18.2 Å². The number of nitrogens with zero attached hydrogens (tertiary/aromatic N) is 2. The van der Waals surface area contributed by atoms with Gasteiger partial charge < -0.3 is 10.4 Å². The highest BCUT2D eigenvalue weighted by Crippen LogP contribution is 2.04. The molecule has 2 N–H and O–H groups in total. The van der Waals surface area contributed by atoms with Crippen molar-refractivity contribution in [3.05, 3.63) is 30.3 Å². The van der Waals surface area contributed by atoms with E-state index in [4.69, 9.17) is 5.11 Å². The van der Waals surface area contributed by atoms with Gasteiger partial charge in [0.25, 0.3) is 0 Å². The van der Waals surface area contributed by atoms with Crippen LogP contribution in [0.2, 0.25) is 0 Å². The van der Waals surface area contributed by atoms with E-state index < -0.39 is 0 Å². The van der Waals surface area contributed by atoms with Crippen LogP contribution in [-0.2, 0) is 0 Å². The maximum atomic E-state index is 8.64. The summed E-state index contributed by atoms with van der Waals surface area (Å²) in [5.41, 5.74) is 0.894. The summed E-state index contributed by atoms with van der Waals surface area (Å²) in [5, 5.41) is 11.6. The van der Waals surface area contributed by atoms with Crippen molar-refractivity contribution < 1.29 is 5.11 Å². The molecule has 4 heteroatoms. The van der Waals surface area contributed by atoms with E-state index in [2.05, 4.69) is 15.3 Å². The van der Waals surface area contributed by atoms with Gasteiger partial charge in [0.05, 0.1) is 0 Å². The van der Waals surface area contributed by atoms with E-state index in [1.54, 1.807) is 13.1 Å². The molecule has 0 heterocycles. The van der Waals surface area contributed by atoms with Crippen LogP contribution >= 0.6 is 0 Å². The number of anilines is 1. The molecule has 4 nitrogen and oxygen atoms in total. The van der Waals surface area contributed by atoms with E-state index in [0.717, 1.165) is 5.69 Å². The summed E-state index contributed by atoms with van der Waals surface area (Å²) in [6, 6.07) is 9.55. The minimum atomic E-state index is -0.271. The van der Waals surface area contributed by atoms with E-state index >= 15 is 0 Å². The largest absolute Gasteiger partial charge is 0.374 e. The Morgan fingerprint density at radius 3 is 2.71 bits per heavy atom. The standard InChI is InChI=1S/C10H13N3O/c1-2-11-10(12-8-14)13-9-6-4-3-5-7-9/h2-7,14H,8H2,1H3,(H,12,13)/b11-2-. The summed E-state index contributed by atoms with van der Waals surface area (Å²) in [4.78, 5) is 7.74. The SMILES string of the molecule is C/C=N\C(=N/CO)Nc1ccccc1. The Balaban J connectivity index is 2.70. The molecule has 0 saturated heterocycles. The van der Waals surface area contributed by atoms with Crippen LogP contribution in [0.4, 0.5) is 5.69 Å². The van der Waals surface area contributed by atoms with Crippen molar-refractivity contribution in [1.82, 2.24) is 0 Å². The minimum absolute atomic E-state index is 0.271. The van der Waals surface area contributed by atoms with Crippen molar-refractivity contribution >= 4 is 17.9 Å². The van der Waals surface area contributed by atoms with Gasteiger partial charge in [-0.05, 0) is 19.1 Å². The molecule has 14 heavy (non-hydrogen) atoms. The molecule has 0 spiro atoms. The van der Waals surface area contributed by atoms with Crippen LogP contribution in [0.3, 0.4) is 0 Å². The second-order valence-electron chi connectivity index (χ2n) is 2.50. The minimum Gasteiger partial charge on any atom is -0.374 e. The molecule has 1 aromatic carbocycles. The van der Waals surface area contributed by atoms with Crippen LogP contribution < -0.4 is 5.32 Å². The van der Waals surface area contributed by atoms with Crippen LogP contribution in [-0.4, -0.2) is 24.0 Å². The molecule has 1 rings (SSSR count). The molecule has 0 atom stereocenters. The Morgan fingerprint density at radius 2 is 2.14 bits per heavy atom. The molecule has 0 aliphatic rings. The maximum absolute atomic E-state index is 8.64. The third-order valence-electron chi connectivity index (χ3n) is 1.50. The first-order valence-electron chi connectivity index (χ1n) is 4.33. The van der Waals surface area contributed by atoms with Crippen LogP contribution in [0.1, 0.15) is 6.92 Å². The van der Waals surface area contributed by atoms with Gasteiger partial charge in [-0.2, -0.15) is 0 Å². The van der Waals surface area contributed by atoms with Gasteiger partial charge >= 0.3 is 0 Å². The Labute approximate surface area is 83.0 Å². The number of aliphatic imine (C=N–C) groups is 2. The van der Waals surface area contributed by atoms with Crippen molar-refractivity contribution in [1.29, 1.82) is 0 Å². The van der Waals surface area contributed by atoms with Gasteiger partial charge in [-0.15, -0.1) is 0 Å². The number of aliphatic hydroxyl groups is 1. The average molecular weight is 191 g/mol. The zero-order chi connectivity index (χ0) is 10.2. The van der Waals surface area contributed by atoms with Gasteiger partial charge in [0.15, 0.2) is 0 Å². The summed E-state index contributed by atoms with van der Waals surface area (Å²) < 4.78 is 0. The first-order valence-corrected chi connectivity index (χ1v) is 4.33. The van der Waals surface area contributed by atoms with Crippen LogP contribution in [0, 0.1) is 0 Å². The normalized spacial score (nSPS) is 12.0. The Kier molecular flexibility index (Phi) is 4.37. The van der Waals surface area contributed by atoms with Crippen molar-refractivity contribution in [2.75, 3.05) is 12.0 Å². The van der Waals surface area contributed by atoms with Crippen molar-refractivity contribution in [3.8, 4) is 0 Å². The lowest BCUT2D eigenvalue weighted by Crippen LogP contribution is -2.09. The summed E-state index contributed by atoms with van der Waals surface area (Å²) >= 11 is 0.